The van der Waals surface area contributed by atoms with Crippen molar-refractivity contribution in [3.05, 3.63) is 31.8 Å². The molecule has 0 spiro atoms. The van der Waals surface area contributed by atoms with Gasteiger partial charge in [0.1, 0.15) is 0 Å². The fourth-order valence-corrected chi connectivity index (χ4v) is 3.04. The van der Waals surface area contributed by atoms with E-state index in [0.717, 1.165) is 23.7 Å². The lowest BCUT2D eigenvalue weighted by molar-refractivity contribution is 0.588. The van der Waals surface area contributed by atoms with Crippen molar-refractivity contribution in [1.29, 1.82) is 5.26 Å². The molecule has 80 valence electrons. The highest BCUT2D eigenvalue weighted by atomic mass is 127. The summed E-state index contributed by atoms with van der Waals surface area (Å²) in [6.07, 6.45) is 2.93. The first-order valence-corrected chi connectivity index (χ1v) is 6.88. The molecule has 0 aromatic heterocycles. The van der Waals surface area contributed by atoms with E-state index in [0.29, 0.717) is 0 Å². The van der Waals surface area contributed by atoms with Gasteiger partial charge in [-0.15, -0.1) is 0 Å². The Bertz CT molecular complexity index is 370. The molecule has 15 heavy (non-hydrogen) atoms. The van der Waals surface area contributed by atoms with Crippen LogP contribution in [0.2, 0.25) is 0 Å². The van der Waals surface area contributed by atoms with Crippen molar-refractivity contribution in [3.8, 4) is 6.07 Å². The number of halogens is 2. The van der Waals surface area contributed by atoms with Gasteiger partial charge in [-0.1, -0.05) is 35.3 Å². The quantitative estimate of drug-likeness (QED) is 0.707. The first-order valence-electron chi connectivity index (χ1n) is 5.01. The summed E-state index contributed by atoms with van der Waals surface area (Å²) < 4.78 is 2.33. The number of rotatable bonds is 4. The monoisotopic (exact) mass is 377 g/mol. The largest absolute Gasteiger partial charge is 0.198 e. The zero-order valence-electron chi connectivity index (χ0n) is 8.63. The second kappa shape index (κ2) is 6.49. The molecule has 0 saturated heterocycles. The Morgan fingerprint density at radius 1 is 1.53 bits per heavy atom. The molecule has 0 N–H and O–H groups in total. The fourth-order valence-electron chi connectivity index (χ4n) is 1.51. The van der Waals surface area contributed by atoms with Gasteiger partial charge in [0.15, 0.2) is 0 Å². The highest BCUT2D eigenvalue weighted by Gasteiger charge is 2.09. The van der Waals surface area contributed by atoms with Gasteiger partial charge in [-0.25, -0.2) is 0 Å². The molecule has 1 rings (SSSR count). The summed E-state index contributed by atoms with van der Waals surface area (Å²) in [6.45, 7) is 2.12. The third-order valence-corrected chi connectivity index (χ3v) is 3.80. The molecule has 1 nitrogen and oxygen atoms in total. The minimum absolute atomic E-state index is 0.157. The molecular weight excluding hydrogens is 365 g/mol. The standard InChI is InChI=1S/C12H13BrIN/c1-2-3-9(8-15)6-10-4-5-11(13)7-12(10)14/h4-5,7,9H,2-3,6H2,1H3. The second-order valence-corrected chi connectivity index (χ2v) is 5.63. The summed E-state index contributed by atoms with van der Waals surface area (Å²) in [6, 6.07) is 8.61. The van der Waals surface area contributed by atoms with Gasteiger partial charge < -0.3 is 0 Å². The maximum absolute atomic E-state index is 9.00. The van der Waals surface area contributed by atoms with Crippen LogP contribution in [0.1, 0.15) is 25.3 Å². The predicted octanol–water partition coefficient (Wildman–Crippen LogP) is 4.54. The molecule has 0 saturated carbocycles. The fraction of sp³-hybridized carbons (Fsp3) is 0.417. The third kappa shape index (κ3) is 4.12. The maximum Gasteiger partial charge on any atom is 0.0659 e. The number of hydrogen-bond donors (Lipinski definition) is 0. The van der Waals surface area contributed by atoms with Crippen LogP contribution in [0.25, 0.3) is 0 Å². The van der Waals surface area contributed by atoms with E-state index in [-0.39, 0.29) is 5.92 Å². The molecule has 0 bridgehead atoms. The van der Waals surface area contributed by atoms with Crippen LogP contribution in [-0.2, 0) is 6.42 Å². The lowest BCUT2D eigenvalue weighted by Crippen LogP contribution is -2.02. The van der Waals surface area contributed by atoms with E-state index in [1.54, 1.807) is 0 Å². The average Bonchev–Trinajstić information content (AvgIpc) is 2.21. The number of hydrogen-bond acceptors (Lipinski definition) is 1. The van der Waals surface area contributed by atoms with Crippen LogP contribution in [0, 0.1) is 20.8 Å². The van der Waals surface area contributed by atoms with Crippen molar-refractivity contribution < 1.29 is 0 Å². The summed E-state index contributed by atoms with van der Waals surface area (Å²) >= 11 is 5.77. The van der Waals surface area contributed by atoms with Crippen LogP contribution >= 0.6 is 38.5 Å². The molecule has 0 heterocycles. The molecule has 1 aromatic rings. The smallest absolute Gasteiger partial charge is 0.0659 e. The second-order valence-electron chi connectivity index (χ2n) is 3.55. The van der Waals surface area contributed by atoms with Crippen molar-refractivity contribution in [3.63, 3.8) is 0 Å². The lowest BCUT2D eigenvalue weighted by atomic mass is 9.97. The van der Waals surface area contributed by atoms with Gasteiger partial charge >= 0.3 is 0 Å². The van der Waals surface area contributed by atoms with Crippen molar-refractivity contribution in [2.24, 2.45) is 5.92 Å². The first-order chi connectivity index (χ1) is 7.17. The van der Waals surface area contributed by atoms with E-state index in [1.165, 1.54) is 9.13 Å². The van der Waals surface area contributed by atoms with E-state index in [4.69, 9.17) is 5.26 Å². The zero-order chi connectivity index (χ0) is 11.3. The van der Waals surface area contributed by atoms with E-state index in [1.807, 2.05) is 6.07 Å². The van der Waals surface area contributed by atoms with Crippen LogP contribution in [0.3, 0.4) is 0 Å². The van der Waals surface area contributed by atoms with Gasteiger partial charge in [-0.3, -0.25) is 0 Å². The van der Waals surface area contributed by atoms with E-state index in [9.17, 15) is 0 Å². The van der Waals surface area contributed by atoms with E-state index < -0.39 is 0 Å². The summed E-state index contributed by atoms with van der Waals surface area (Å²) in [5.41, 5.74) is 1.28. The topological polar surface area (TPSA) is 23.8 Å². The van der Waals surface area contributed by atoms with Gasteiger partial charge in [-0.2, -0.15) is 5.26 Å². The Balaban J connectivity index is 2.76. The van der Waals surface area contributed by atoms with Crippen LogP contribution in [0.5, 0.6) is 0 Å². The van der Waals surface area contributed by atoms with Crippen molar-refractivity contribution in [2.45, 2.75) is 26.2 Å². The summed E-state index contributed by atoms with van der Waals surface area (Å²) in [5, 5.41) is 9.00. The molecule has 1 atom stereocenters. The Morgan fingerprint density at radius 3 is 2.80 bits per heavy atom. The third-order valence-electron chi connectivity index (χ3n) is 2.30. The highest BCUT2D eigenvalue weighted by Crippen LogP contribution is 2.22. The van der Waals surface area contributed by atoms with Crippen LogP contribution < -0.4 is 0 Å². The lowest BCUT2D eigenvalue weighted by Gasteiger charge is -2.09. The van der Waals surface area contributed by atoms with E-state index in [2.05, 4.69) is 63.6 Å². The number of nitrogens with zero attached hydrogens (tertiary/aromatic N) is 1. The number of nitriles is 1. The van der Waals surface area contributed by atoms with Crippen LogP contribution in [0.15, 0.2) is 22.7 Å². The van der Waals surface area contributed by atoms with Gasteiger partial charge in [0, 0.05) is 8.04 Å². The van der Waals surface area contributed by atoms with Gasteiger partial charge in [0.05, 0.1) is 12.0 Å². The van der Waals surface area contributed by atoms with Crippen LogP contribution in [0.4, 0.5) is 0 Å². The number of benzene rings is 1. The maximum atomic E-state index is 9.00. The zero-order valence-corrected chi connectivity index (χ0v) is 12.4. The molecule has 1 unspecified atom stereocenters. The van der Waals surface area contributed by atoms with Crippen molar-refractivity contribution >= 4 is 38.5 Å². The van der Waals surface area contributed by atoms with Gasteiger partial charge in [-0.05, 0) is 53.1 Å². The summed E-state index contributed by atoms with van der Waals surface area (Å²) in [7, 11) is 0. The molecule has 0 aliphatic carbocycles. The molecule has 0 aliphatic rings. The SMILES string of the molecule is CCCC(C#N)Cc1ccc(Br)cc1I. The normalized spacial score (nSPS) is 12.1. The molecule has 1 aromatic carbocycles. The van der Waals surface area contributed by atoms with E-state index >= 15 is 0 Å². The van der Waals surface area contributed by atoms with Gasteiger partial charge in [0.2, 0.25) is 0 Å². The average molecular weight is 378 g/mol. The molecule has 0 amide bonds. The highest BCUT2D eigenvalue weighted by molar-refractivity contribution is 14.1. The minimum atomic E-state index is 0.157. The summed E-state index contributed by atoms with van der Waals surface area (Å²) in [5.74, 6) is 0.157. The Kier molecular flexibility index (Phi) is 5.62. The predicted molar refractivity (Wildman–Crippen MR) is 74.6 cm³/mol. The Hall–Kier alpha value is -0.0800. The molecule has 0 aliphatic heterocycles. The molecular formula is C12H13BrIN. The molecule has 0 radical (unpaired) electrons. The van der Waals surface area contributed by atoms with Crippen molar-refractivity contribution in [2.75, 3.05) is 0 Å². The minimum Gasteiger partial charge on any atom is -0.198 e. The Labute approximate surface area is 113 Å². The van der Waals surface area contributed by atoms with Crippen molar-refractivity contribution in [1.82, 2.24) is 0 Å². The summed E-state index contributed by atoms with van der Waals surface area (Å²) in [4.78, 5) is 0. The molecule has 0 fully saturated rings. The first kappa shape index (κ1) is 13.0. The van der Waals surface area contributed by atoms with Gasteiger partial charge in [0.25, 0.3) is 0 Å². The molecule has 3 heteroatoms. The van der Waals surface area contributed by atoms with Crippen LogP contribution in [-0.4, -0.2) is 0 Å². The Morgan fingerprint density at radius 2 is 2.27 bits per heavy atom.